The van der Waals surface area contributed by atoms with Crippen LogP contribution in [-0.4, -0.2) is 0 Å². The van der Waals surface area contributed by atoms with E-state index in [1.54, 1.807) is 6.07 Å². The predicted octanol–water partition coefficient (Wildman–Crippen LogP) is 4.68. The van der Waals surface area contributed by atoms with E-state index in [2.05, 4.69) is 0 Å². The van der Waals surface area contributed by atoms with Crippen molar-refractivity contribution in [1.29, 1.82) is 0 Å². The Balaban J connectivity index is 2.23. The van der Waals surface area contributed by atoms with E-state index < -0.39 is 0 Å². The van der Waals surface area contributed by atoms with Crippen molar-refractivity contribution < 1.29 is 4.39 Å². The van der Waals surface area contributed by atoms with Gasteiger partial charge in [0.1, 0.15) is 5.82 Å². The zero-order valence-electron chi connectivity index (χ0n) is 10.5. The lowest BCUT2D eigenvalue weighted by Gasteiger charge is -2.16. The lowest BCUT2D eigenvalue weighted by molar-refractivity contribution is 0.625. The van der Waals surface area contributed by atoms with Gasteiger partial charge in [-0.2, -0.15) is 0 Å². The quantitative estimate of drug-likeness (QED) is 0.874. The van der Waals surface area contributed by atoms with Crippen molar-refractivity contribution in [1.82, 2.24) is 0 Å². The molecule has 0 amide bonds. The summed E-state index contributed by atoms with van der Waals surface area (Å²) in [5.41, 5.74) is 9.09. The molecule has 4 heteroatoms. The highest BCUT2D eigenvalue weighted by Gasteiger charge is 2.12. The number of halogens is 3. The van der Waals surface area contributed by atoms with E-state index in [9.17, 15) is 4.39 Å². The maximum absolute atomic E-state index is 13.0. The summed E-state index contributed by atoms with van der Waals surface area (Å²) in [6, 6.07) is 9.78. The molecule has 0 aliphatic carbocycles. The van der Waals surface area contributed by atoms with Gasteiger partial charge in [-0.1, -0.05) is 35.3 Å². The van der Waals surface area contributed by atoms with Crippen LogP contribution < -0.4 is 5.73 Å². The average Bonchev–Trinajstić information content (AvgIpc) is 2.32. The summed E-state index contributed by atoms with van der Waals surface area (Å²) in [5, 5.41) is 1.09. The molecule has 0 spiro atoms. The fourth-order valence-electron chi connectivity index (χ4n) is 2.09. The van der Waals surface area contributed by atoms with Gasteiger partial charge in [-0.3, -0.25) is 0 Å². The third-order valence-corrected chi connectivity index (χ3v) is 3.67. The predicted molar refractivity (Wildman–Crippen MR) is 78.2 cm³/mol. The van der Waals surface area contributed by atoms with E-state index >= 15 is 0 Å². The van der Waals surface area contributed by atoms with Gasteiger partial charge in [0.2, 0.25) is 0 Å². The minimum absolute atomic E-state index is 0.194. The van der Waals surface area contributed by atoms with Crippen molar-refractivity contribution >= 4 is 23.2 Å². The zero-order chi connectivity index (χ0) is 14.0. The SMILES string of the molecule is Cc1cc(Cl)ccc1C(N)Cc1ccc(F)cc1Cl. The van der Waals surface area contributed by atoms with E-state index in [1.807, 2.05) is 25.1 Å². The van der Waals surface area contributed by atoms with Crippen LogP contribution >= 0.6 is 23.2 Å². The van der Waals surface area contributed by atoms with E-state index in [0.29, 0.717) is 16.5 Å². The van der Waals surface area contributed by atoms with Crippen molar-refractivity contribution in [3.63, 3.8) is 0 Å². The first-order valence-corrected chi connectivity index (χ1v) is 6.68. The summed E-state index contributed by atoms with van der Waals surface area (Å²) in [7, 11) is 0. The van der Waals surface area contributed by atoms with Crippen molar-refractivity contribution in [2.75, 3.05) is 0 Å². The topological polar surface area (TPSA) is 26.0 Å². The highest BCUT2D eigenvalue weighted by atomic mass is 35.5. The molecule has 2 N–H and O–H groups in total. The molecule has 0 bridgehead atoms. The van der Waals surface area contributed by atoms with Crippen LogP contribution in [-0.2, 0) is 6.42 Å². The molecule has 0 saturated carbocycles. The van der Waals surface area contributed by atoms with E-state index in [4.69, 9.17) is 28.9 Å². The molecule has 19 heavy (non-hydrogen) atoms. The van der Waals surface area contributed by atoms with Crippen LogP contribution in [0.25, 0.3) is 0 Å². The van der Waals surface area contributed by atoms with Gasteiger partial charge in [0.05, 0.1) is 0 Å². The molecule has 0 aromatic heterocycles. The van der Waals surface area contributed by atoms with Crippen molar-refractivity contribution in [2.45, 2.75) is 19.4 Å². The number of benzene rings is 2. The summed E-state index contributed by atoms with van der Waals surface area (Å²) in [5.74, 6) is -0.343. The van der Waals surface area contributed by atoms with Crippen LogP contribution in [0.1, 0.15) is 22.7 Å². The van der Waals surface area contributed by atoms with Crippen LogP contribution in [0.2, 0.25) is 10.0 Å². The zero-order valence-corrected chi connectivity index (χ0v) is 12.0. The summed E-state index contributed by atoms with van der Waals surface area (Å²) >= 11 is 11.9. The molecule has 1 nitrogen and oxygen atoms in total. The second kappa shape index (κ2) is 5.91. The first-order valence-electron chi connectivity index (χ1n) is 5.93. The Kier molecular flexibility index (Phi) is 4.46. The molecule has 0 fully saturated rings. The Labute approximate surface area is 122 Å². The Morgan fingerprint density at radius 3 is 2.53 bits per heavy atom. The Bertz CT molecular complexity index is 599. The lowest BCUT2D eigenvalue weighted by Crippen LogP contribution is -2.15. The van der Waals surface area contributed by atoms with Gasteiger partial charge < -0.3 is 5.73 Å². The van der Waals surface area contributed by atoms with Gasteiger partial charge in [-0.05, 0) is 54.3 Å². The molecular formula is C15H14Cl2FN. The molecule has 2 aromatic rings. The molecule has 100 valence electrons. The summed E-state index contributed by atoms with van der Waals surface area (Å²) < 4.78 is 13.0. The second-order valence-electron chi connectivity index (χ2n) is 4.55. The van der Waals surface area contributed by atoms with Gasteiger partial charge >= 0.3 is 0 Å². The molecule has 0 saturated heterocycles. The third kappa shape index (κ3) is 3.47. The van der Waals surface area contributed by atoms with E-state index in [1.165, 1.54) is 12.1 Å². The normalized spacial score (nSPS) is 12.5. The molecule has 0 heterocycles. The monoisotopic (exact) mass is 297 g/mol. The Morgan fingerprint density at radius 2 is 1.89 bits per heavy atom. The minimum atomic E-state index is -0.343. The molecular weight excluding hydrogens is 284 g/mol. The van der Waals surface area contributed by atoms with Crippen LogP contribution in [0, 0.1) is 12.7 Å². The van der Waals surface area contributed by atoms with Crippen LogP contribution in [0.3, 0.4) is 0 Å². The largest absolute Gasteiger partial charge is 0.324 e. The first kappa shape index (κ1) is 14.3. The maximum Gasteiger partial charge on any atom is 0.124 e. The molecule has 0 aliphatic rings. The van der Waals surface area contributed by atoms with Gasteiger partial charge in [-0.15, -0.1) is 0 Å². The Hall–Kier alpha value is -1.09. The average molecular weight is 298 g/mol. The number of aryl methyl sites for hydroxylation is 1. The van der Waals surface area contributed by atoms with Gasteiger partial charge in [-0.25, -0.2) is 4.39 Å². The van der Waals surface area contributed by atoms with Gasteiger partial charge in [0.15, 0.2) is 0 Å². The van der Waals surface area contributed by atoms with Crippen molar-refractivity contribution in [2.24, 2.45) is 5.73 Å². The first-order chi connectivity index (χ1) is 8.97. The highest BCUT2D eigenvalue weighted by Crippen LogP contribution is 2.26. The summed E-state index contributed by atoms with van der Waals surface area (Å²) in [6.45, 7) is 1.97. The molecule has 1 unspecified atom stereocenters. The summed E-state index contributed by atoms with van der Waals surface area (Å²) in [4.78, 5) is 0. The summed E-state index contributed by atoms with van der Waals surface area (Å²) in [6.07, 6.45) is 0.557. The lowest BCUT2D eigenvalue weighted by atomic mass is 9.96. The van der Waals surface area contributed by atoms with Crippen molar-refractivity contribution in [3.05, 3.63) is 69.0 Å². The van der Waals surface area contributed by atoms with Crippen LogP contribution in [0.15, 0.2) is 36.4 Å². The van der Waals surface area contributed by atoms with Crippen LogP contribution in [0.4, 0.5) is 4.39 Å². The van der Waals surface area contributed by atoms with Crippen molar-refractivity contribution in [3.8, 4) is 0 Å². The van der Waals surface area contributed by atoms with Crippen LogP contribution in [0.5, 0.6) is 0 Å². The number of hydrogen-bond acceptors (Lipinski definition) is 1. The second-order valence-corrected chi connectivity index (χ2v) is 5.39. The number of hydrogen-bond donors (Lipinski definition) is 1. The number of rotatable bonds is 3. The smallest absolute Gasteiger partial charge is 0.124 e. The maximum atomic E-state index is 13.0. The standard InChI is InChI=1S/C15H14Cl2FN/c1-9-6-11(16)3-5-13(9)15(19)7-10-2-4-12(18)8-14(10)17/h2-6,8,15H,7,19H2,1H3. The number of nitrogens with two attached hydrogens (primary N) is 1. The van der Waals surface area contributed by atoms with E-state index in [-0.39, 0.29) is 11.9 Å². The van der Waals surface area contributed by atoms with Gasteiger partial charge in [0.25, 0.3) is 0 Å². The molecule has 2 aromatic carbocycles. The minimum Gasteiger partial charge on any atom is -0.324 e. The molecule has 0 aliphatic heterocycles. The fourth-order valence-corrected chi connectivity index (χ4v) is 2.56. The molecule has 2 rings (SSSR count). The Morgan fingerprint density at radius 1 is 1.16 bits per heavy atom. The molecule has 1 atom stereocenters. The third-order valence-electron chi connectivity index (χ3n) is 3.09. The molecule has 0 radical (unpaired) electrons. The van der Waals surface area contributed by atoms with Gasteiger partial charge in [0, 0.05) is 16.1 Å². The highest BCUT2D eigenvalue weighted by molar-refractivity contribution is 6.31. The fraction of sp³-hybridized carbons (Fsp3) is 0.200. The van der Waals surface area contributed by atoms with E-state index in [0.717, 1.165) is 16.7 Å².